The van der Waals surface area contributed by atoms with Crippen LogP contribution in [-0.2, 0) is 14.6 Å². The lowest BCUT2D eigenvalue weighted by atomic mass is 10.00. The van der Waals surface area contributed by atoms with Gasteiger partial charge in [0.1, 0.15) is 11.9 Å². The van der Waals surface area contributed by atoms with E-state index in [0.29, 0.717) is 37.1 Å². The van der Waals surface area contributed by atoms with E-state index < -0.39 is 27.7 Å². The van der Waals surface area contributed by atoms with E-state index in [1.54, 1.807) is 6.07 Å². The first kappa shape index (κ1) is 26.1. The van der Waals surface area contributed by atoms with Gasteiger partial charge in [-0.3, -0.25) is 9.36 Å². The molecule has 4 rings (SSSR count). The number of hydrogen-bond acceptors (Lipinski definition) is 6. The Bertz CT molecular complexity index is 1290. The molecule has 2 atom stereocenters. The fourth-order valence-electron chi connectivity index (χ4n) is 4.64. The van der Waals surface area contributed by atoms with Crippen LogP contribution in [0.3, 0.4) is 0 Å². The van der Waals surface area contributed by atoms with Crippen LogP contribution in [0.5, 0.6) is 5.75 Å². The lowest BCUT2D eigenvalue weighted by molar-refractivity contribution is -0.247. The van der Waals surface area contributed by atoms with Crippen LogP contribution in [0.25, 0.3) is 5.69 Å². The number of carbonyl (C=O) groups is 1. The Morgan fingerprint density at radius 3 is 2.11 bits per heavy atom. The van der Waals surface area contributed by atoms with Crippen molar-refractivity contribution >= 4 is 15.9 Å². The minimum absolute atomic E-state index is 0.145. The summed E-state index contributed by atoms with van der Waals surface area (Å²) >= 11 is 0. The minimum Gasteiger partial charge on any atom is -0.490 e. The Balaban J connectivity index is 1.42. The second-order valence-electron chi connectivity index (χ2n) is 9.72. The number of pyridine rings is 1. The molecule has 1 amide bonds. The van der Waals surface area contributed by atoms with Crippen molar-refractivity contribution in [3.8, 4) is 11.4 Å². The monoisotopic (exact) mass is 528 g/mol. The van der Waals surface area contributed by atoms with Crippen LogP contribution in [0.2, 0.25) is 0 Å². The lowest BCUT2D eigenvalue weighted by Crippen LogP contribution is -2.53. The van der Waals surface area contributed by atoms with Gasteiger partial charge in [-0.05, 0) is 57.0 Å². The molecule has 0 N–H and O–H groups in total. The summed E-state index contributed by atoms with van der Waals surface area (Å²) in [5, 5.41) is 0. The highest BCUT2D eigenvalue weighted by Gasteiger charge is 2.53. The predicted octanol–water partition coefficient (Wildman–Crippen LogP) is 4.09. The third-order valence-electron chi connectivity index (χ3n) is 6.66. The highest BCUT2D eigenvalue weighted by atomic mass is 32.2. The number of alkyl halides is 3. The standard InChI is InChI=1S/C24H27F3N2O6S/c1-23(2,24(25,26)27)35-22(31)29-16-4-5-17(29)13-19(12-16)34-18-10-11-28(21(30)14-18)15-6-8-20(9-7-15)36(3,32)33/h6-11,14,16-17,19H,4-5,12-13H2,1-3H3/t16-,17-/m1/s1. The molecular weight excluding hydrogens is 501 g/mol. The van der Waals surface area contributed by atoms with Crippen molar-refractivity contribution in [1.82, 2.24) is 9.47 Å². The first-order valence-corrected chi connectivity index (χ1v) is 13.3. The number of piperidine rings is 1. The lowest BCUT2D eigenvalue weighted by Gasteiger charge is -2.40. The molecule has 2 aromatic rings. The fraction of sp³-hybridized carbons (Fsp3) is 0.500. The molecule has 0 saturated carbocycles. The van der Waals surface area contributed by atoms with Crippen LogP contribution in [0, 0.1) is 0 Å². The van der Waals surface area contributed by atoms with Gasteiger partial charge in [0.25, 0.3) is 5.56 Å². The number of aromatic nitrogens is 1. The second kappa shape index (κ2) is 9.13. The van der Waals surface area contributed by atoms with E-state index in [-0.39, 0.29) is 28.6 Å². The highest BCUT2D eigenvalue weighted by Crippen LogP contribution is 2.40. The van der Waals surface area contributed by atoms with Gasteiger partial charge in [0.2, 0.25) is 5.60 Å². The van der Waals surface area contributed by atoms with Gasteiger partial charge in [0.05, 0.1) is 4.90 Å². The van der Waals surface area contributed by atoms with Crippen LogP contribution >= 0.6 is 0 Å². The van der Waals surface area contributed by atoms with Crippen molar-refractivity contribution in [2.75, 3.05) is 6.26 Å². The van der Waals surface area contributed by atoms with Crippen molar-refractivity contribution in [3.05, 3.63) is 52.9 Å². The number of halogens is 3. The summed E-state index contributed by atoms with van der Waals surface area (Å²) in [5.74, 6) is 0.336. The van der Waals surface area contributed by atoms with Crippen molar-refractivity contribution < 1.29 is 35.9 Å². The van der Waals surface area contributed by atoms with E-state index in [9.17, 15) is 31.2 Å². The molecule has 0 aliphatic carbocycles. The zero-order valence-corrected chi connectivity index (χ0v) is 20.8. The van der Waals surface area contributed by atoms with Crippen LogP contribution < -0.4 is 10.3 Å². The average molecular weight is 529 g/mol. The summed E-state index contributed by atoms with van der Waals surface area (Å²) in [4.78, 5) is 26.8. The summed E-state index contributed by atoms with van der Waals surface area (Å²) in [7, 11) is -3.35. The van der Waals surface area contributed by atoms with Crippen LogP contribution in [0.15, 0.2) is 52.3 Å². The van der Waals surface area contributed by atoms with E-state index in [4.69, 9.17) is 9.47 Å². The molecule has 0 radical (unpaired) electrons. The first-order chi connectivity index (χ1) is 16.7. The van der Waals surface area contributed by atoms with E-state index in [0.717, 1.165) is 20.1 Å². The number of carbonyl (C=O) groups excluding carboxylic acids is 1. The molecule has 2 saturated heterocycles. The summed E-state index contributed by atoms with van der Waals surface area (Å²) < 4.78 is 74.9. The quantitative estimate of drug-likeness (QED) is 0.580. The zero-order chi connectivity index (χ0) is 26.5. The van der Waals surface area contributed by atoms with Gasteiger partial charge in [-0.1, -0.05) is 0 Å². The molecule has 2 aliphatic rings. The Morgan fingerprint density at radius 1 is 1.03 bits per heavy atom. The Hall–Kier alpha value is -3.02. The van der Waals surface area contributed by atoms with Gasteiger partial charge < -0.3 is 14.4 Å². The van der Waals surface area contributed by atoms with Crippen molar-refractivity contribution in [2.45, 2.75) is 74.4 Å². The second-order valence-corrected chi connectivity index (χ2v) is 11.7. The molecule has 1 aromatic heterocycles. The minimum atomic E-state index is -4.68. The summed E-state index contributed by atoms with van der Waals surface area (Å²) in [6.07, 6.45) is -1.26. The molecule has 3 heterocycles. The summed E-state index contributed by atoms with van der Waals surface area (Å²) in [5.41, 5.74) is -2.48. The number of amides is 1. The molecule has 1 aromatic carbocycles. The number of benzene rings is 1. The van der Waals surface area contributed by atoms with E-state index in [1.165, 1.54) is 46.0 Å². The number of rotatable bonds is 5. The van der Waals surface area contributed by atoms with Gasteiger partial charge in [0, 0.05) is 49.1 Å². The first-order valence-electron chi connectivity index (χ1n) is 11.4. The summed E-state index contributed by atoms with van der Waals surface area (Å²) in [6.45, 7) is 1.65. The van der Waals surface area contributed by atoms with Crippen molar-refractivity contribution in [2.24, 2.45) is 0 Å². The molecular formula is C24H27F3N2O6S. The number of ether oxygens (including phenoxy) is 2. The smallest absolute Gasteiger partial charge is 0.427 e. The Morgan fingerprint density at radius 2 is 1.61 bits per heavy atom. The van der Waals surface area contributed by atoms with Crippen LogP contribution in [0.4, 0.5) is 18.0 Å². The van der Waals surface area contributed by atoms with Gasteiger partial charge in [-0.15, -0.1) is 0 Å². The molecule has 2 fully saturated rings. The molecule has 2 aliphatic heterocycles. The van der Waals surface area contributed by atoms with Crippen LogP contribution in [-0.4, -0.2) is 60.2 Å². The molecule has 8 nitrogen and oxygen atoms in total. The molecule has 0 unspecified atom stereocenters. The molecule has 36 heavy (non-hydrogen) atoms. The third-order valence-corrected chi connectivity index (χ3v) is 7.79. The maximum atomic E-state index is 13.1. The normalized spacial score (nSPS) is 22.4. The van der Waals surface area contributed by atoms with Gasteiger partial charge in [-0.2, -0.15) is 13.2 Å². The molecule has 196 valence electrons. The van der Waals surface area contributed by atoms with E-state index in [1.807, 2.05) is 0 Å². The zero-order valence-electron chi connectivity index (χ0n) is 20.0. The maximum absolute atomic E-state index is 13.1. The largest absolute Gasteiger partial charge is 0.490 e. The molecule has 12 heteroatoms. The van der Waals surface area contributed by atoms with Gasteiger partial charge in [0.15, 0.2) is 9.84 Å². The maximum Gasteiger partial charge on any atom is 0.427 e. The number of sulfone groups is 1. The van der Waals surface area contributed by atoms with Crippen molar-refractivity contribution in [1.29, 1.82) is 0 Å². The Labute approximate surface area is 206 Å². The van der Waals surface area contributed by atoms with E-state index in [2.05, 4.69) is 0 Å². The number of fused-ring (bicyclic) bond motifs is 2. The fourth-order valence-corrected chi connectivity index (χ4v) is 5.27. The molecule has 2 bridgehead atoms. The van der Waals surface area contributed by atoms with E-state index >= 15 is 0 Å². The number of nitrogens with zero attached hydrogens (tertiary/aromatic N) is 2. The van der Waals surface area contributed by atoms with Gasteiger partial charge in [-0.25, -0.2) is 13.2 Å². The van der Waals surface area contributed by atoms with Crippen LogP contribution in [0.1, 0.15) is 39.5 Å². The Kier molecular flexibility index (Phi) is 6.61. The molecule has 0 spiro atoms. The SMILES string of the molecule is CC(C)(OC(=O)N1[C@@H]2CC[C@@H]1CC(Oc1ccn(-c3ccc(S(C)(=O)=O)cc3)c(=O)c1)C2)C(F)(F)F. The third kappa shape index (κ3) is 5.23. The average Bonchev–Trinajstić information content (AvgIpc) is 3.03. The number of hydrogen-bond donors (Lipinski definition) is 0. The van der Waals surface area contributed by atoms with Gasteiger partial charge >= 0.3 is 12.3 Å². The predicted molar refractivity (Wildman–Crippen MR) is 124 cm³/mol. The highest BCUT2D eigenvalue weighted by molar-refractivity contribution is 7.90. The summed E-state index contributed by atoms with van der Waals surface area (Å²) in [6, 6.07) is 8.23. The van der Waals surface area contributed by atoms with Crippen molar-refractivity contribution in [3.63, 3.8) is 0 Å². The topological polar surface area (TPSA) is 94.9 Å².